The monoisotopic (exact) mass is 390 g/mol. The van der Waals surface area contributed by atoms with Crippen LogP contribution in [0.25, 0.3) is 21.5 Å². The largest absolute Gasteiger partial charge is 0.350 e. The summed E-state index contributed by atoms with van der Waals surface area (Å²) in [4.78, 5) is 28.9. The van der Waals surface area contributed by atoms with Gasteiger partial charge in [0.15, 0.2) is 0 Å². The van der Waals surface area contributed by atoms with Gasteiger partial charge in [-0.15, -0.1) is 11.3 Å². The minimum Gasteiger partial charge on any atom is -0.350 e. The maximum absolute atomic E-state index is 12.4. The highest BCUT2D eigenvalue weighted by Gasteiger charge is 2.09. The first kappa shape index (κ1) is 18.1. The maximum atomic E-state index is 12.4. The normalized spacial score (nSPS) is 10.9. The molecule has 2 heterocycles. The fraction of sp³-hybridized carbons (Fsp3) is 0.143. The molecule has 2 aromatic carbocycles. The van der Waals surface area contributed by atoms with E-state index in [1.165, 1.54) is 10.7 Å². The van der Waals surface area contributed by atoms with Gasteiger partial charge in [-0.25, -0.2) is 9.67 Å². The van der Waals surface area contributed by atoms with Gasteiger partial charge < -0.3 is 5.32 Å². The molecule has 4 rings (SSSR count). The lowest BCUT2D eigenvalue weighted by Crippen LogP contribution is -2.31. The van der Waals surface area contributed by atoms with Gasteiger partial charge in [-0.2, -0.15) is 5.10 Å². The Morgan fingerprint density at radius 3 is 2.75 bits per heavy atom. The van der Waals surface area contributed by atoms with E-state index in [-0.39, 0.29) is 11.5 Å². The number of aryl methyl sites for hydroxylation is 1. The Morgan fingerprint density at radius 1 is 1.11 bits per heavy atom. The molecule has 1 N–H and O–H groups in total. The zero-order valence-corrected chi connectivity index (χ0v) is 16.1. The van der Waals surface area contributed by atoms with Gasteiger partial charge in [-0.3, -0.25) is 9.59 Å². The molecule has 140 valence electrons. The molecule has 0 radical (unpaired) electrons. The smallest absolute Gasteiger partial charge is 0.266 e. The van der Waals surface area contributed by atoms with Crippen molar-refractivity contribution in [2.75, 3.05) is 6.54 Å². The van der Waals surface area contributed by atoms with E-state index in [1.54, 1.807) is 23.5 Å². The second-order valence-corrected chi connectivity index (χ2v) is 7.55. The van der Waals surface area contributed by atoms with Crippen molar-refractivity contribution in [1.29, 1.82) is 0 Å². The quantitative estimate of drug-likeness (QED) is 0.567. The van der Waals surface area contributed by atoms with Crippen LogP contribution in [0.2, 0.25) is 0 Å². The number of nitrogens with one attached hydrogen (secondary N) is 1. The average molecular weight is 390 g/mol. The predicted octanol–water partition coefficient (Wildman–Crippen LogP) is 3.26. The first-order chi connectivity index (χ1) is 13.6. The van der Waals surface area contributed by atoms with Gasteiger partial charge in [-0.1, -0.05) is 30.3 Å². The van der Waals surface area contributed by atoms with Gasteiger partial charge in [0.2, 0.25) is 0 Å². The van der Waals surface area contributed by atoms with Crippen LogP contribution in [0.1, 0.15) is 15.4 Å². The van der Waals surface area contributed by atoms with Crippen LogP contribution in [-0.4, -0.2) is 27.2 Å². The zero-order chi connectivity index (χ0) is 19.5. The van der Waals surface area contributed by atoms with Gasteiger partial charge in [0.05, 0.1) is 27.5 Å². The lowest BCUT2D eigenvalue weighted by Gasteiger charge is -2.09. The number of rotatable bonds is 5. The van der Waals surface area contributed by atoms with Gasteiger partial charge >= 0.3 is 0 Å². The van der Waals surface area contributed by atoms with Crippen molar-refractivity contribution in [2.24, 2.45) is 0 Å². The Kier molecular flexibility index (Phi) is 4.99. The molecule has 0 aliphatic heterocycles. The fourth-order valence-corrected chi connectivity index (χ4v) is 3.80. The second kappa shape index (κ2) is 7.74. The number of hydrogen-bond donors (Lipinski definition) is 1. The Hall–Kier alpha value is -3.32. The number of thiazole rings is 1. The van der Waals surface area contributed by atoms with E-state index in [0.717, 1.165) is 26.5 Å². The molecular weight excluding hydrogens is 372 g/mol. The van der Waals surface area contributed by atoms with Crippen LogP contribution in [0, 0.1) is 6.92 Å². The van der Waals surface area contributed by atoms with Crippen LogP contribution < -0.4 is 10.9 Å². The molecule has 0 fully saturated rings. The third-order valence-electron chi connectivity index (χ3n) is 4.30. The number of amides is 1. The Balaban J connectivity index is 1.44. The summed E-state index contributed by atoms with van der Waals surface area (Å²) in [6.07, 6.45) is 0. The molecule has 0 bridgehead atoms. The summed E-state index contributed by atoms with van der Waals surface area (Å²) >= 11 is 1.56. The van der Waals surface area contributed by atoms with Gasteiger partial charge in [0.25, 0.3) is 11.5 Å². The van der Waals surface area contributed by atoms with Crippen LogP contribution in [0.4, 0.5) is 0 Å². The number of benzene rings is 2. The highest BCUT2D eigenvalue weighted by molar-refractivity contribution is 7.18. The SMILES string of the molecule is Cc1nc2ccc(C(=O)NCCn3nc(-c4ccccc4)ccc3=O)cc2s1. The molecule has 0 spiro atoms. The number of aromatic nitrogens is 3. The lowest BCUT2D eigenvalue weighted by atomic mass is 10.1. The van der Waals surface area contributed by atoms with Crippen LogP contribution in [0.15, 0.2) is 65.5 Å². The fourth-order valence-electron chi connectivity index (χ4n) is 2.93. The molecule has 4 aromatic rings. The highest BCUT2D eigenvalue weighted by Crippen LogP contribution is 2.22. The van der Waals surface area contributed by atoms with E-state index in [4.69, 9.17) is 0 Å². The number of carbonyl (C=O) groups is 1. The predicted molar refractivity (Wildman–Crippen MR) is 111 cm³/mol. The molecule has 6 nitrogen and oxygen atoms in total. The molecule has 0 atom stereocenters. The summed E-state index contributed by atoms with van der Waals surface area (Å²) in [5.41, 5.74) is 2.93. The summed E-state index contributed by atoms with van der Waals surface area (Å²) in [6.45, 7) is 2.55. The van der Waals surface area contributed by atoms with Crippen LogP contribution in [0.5, 0.6) is 0 Å². The van der Waals surface area contributed by atoms with E-state index < -0.39 is 0 Å². The highest BCUT2D eigenvalue weighted by atomic mass is 32.1. The summed E-state index contributed by atoms with van der Waals surface area (Å²) < 4.78 is 2.36. The summed E-state index contributed by atoms with van der Waals surface area (Å²) in [5.74, 6) is -0.180. The van der Waals surface area contributed by atoms with Crippen LogP contribution in [0.3, 0.4) is 0 Å². The van der Waals surface area contributed by atoms with E-state index in [9.17, 15) is 9.59 Å². The van der Waals surface area contributed by atoms with Crippen molar-refractivity contribution < 1.29 is 4.79 Å². The summed E-state index contributed by atoms with van der Waals surface area (Å²) in [5, 5.41) is 8.22. The summed E-state index contributed by atoms with van der Waals surface area (Å²) in [6, 6.07) is 18.3. The second-order valence-electron chi connectivity index (χ2n) is 6.32. The first-order valence-corrected chi connectivity index (χ1v) is 9.71. The van der Waals surface area contributed by atoms with Crippen molar-refractivity contribution in [3.63, 3.8) is 0 Å². The molecule has 2 aromatic heterocycles. The molecule has 1 amide bonds. The maximum Gasteiger partial charge on any atom is 0.266 e. The van der Waals surface area contributed by atoms with Crippen molar-refractivity contribution >= 4 is 27.5 Å². The van der Waals surface area contributed by atoms with Crippen LogP contribution in [-0.2, 0) is 6.54 Å². The Labute approximate surface area is 165 Å². The average Bonchev–Trinajstić information content (AvgIpc) is 3.09. The van der Waals surface area contributed by atoms with Gasteiger partial charge in [-0.05, 0) is 31.2 Å². The first-order valence-electron chi connectivity index (χ1n) is 8.89. The molecular formula is C21H18N4O2S. The van der Waals surface area contributed by atoms with Crippen molar-refractivity contribution in [1.82, 2.24) is 20.1 Å². The molecule has 0 saturated carbocycles. The van der Waals surface area contributed by atoms with Crippen molar-refractivity contribution in [3.05, 3.63) is 81.6 Å². The van der Waals surface area contributed by atoms with Crippen LogP contribution >= 0.6 is 11.3 Å². The third-order valence-corrected chi connectivity index (χ3v) is 5.24. The number of nitrogens with zero attached hydrogens (tertiary/aromatic N) is 3. The number of carbonyl (C=O) groups excluding carboxylic acids is 1. The topological polar surface area (TPSA) is 76.9 Å². The third kappa shape index (κ3) is 3.84. The lowest BCUT2D eigenvalue weighted by molar-refractivity contribution is 0.0952. The minimum absolute atomic E-state index is 0.180. The minimum atomic E-state index is -0.199. The molecule has 0 saturated heterocycles. The van der Waals surface area contributed by atoms with E-state index in [1.807, 2.05) is 49.4 Å². The number of hydrogen-bond acceptors (Lipinski definition) is 5. The molecule has 7 heteroatoms. The van der Waals surface area contributed by atoms with Gasteiger partial charge in [0.1, 0.15) is 0 Å². The Morgan fingerprint density at radius 2 is 1.93 bits per heavy atom. The molecule has 0 unspecified atom stereocenters. The molecule has 28 heavy (non-hydrogen) atoms. The summed E-state index contributed by atoms with van der Waals surface area (Å²) in [7, 11) is 0. The van der Waals surface area contributed by atoms with E-state index in [0.29, 0.717) is 18.7 Å². The van der Waals surface area contributed by atoms with E-state index in [2.05, 4.69) is 15.4 Å². The van der Waals surface area contributed by atoms with Crippen molar-refractivity contribution in [3.8, 4) is 11.3 Å². The van der Waals surface area contributed by atoms with Gasteiger partial charge in [0, 0.05) is 23.7 Å². The zero-order valence-electron chi connectivity index (χ0n) is 15.3. The number of fused-ring (bicyclic) bond motifs is 1. The van der Waals surface area contributed by atoms with Crippen molar-refractivity contribution in [2.45, 2.75) is 13.5 Å². The Bertz CT molecular complexity index is 1200. The molecule has 0 aliphatic carbocycles. The molecule has 0 aliphatic rings. The van der Waals surface area contributed by atoms with E-state index >= 15 is 0 Å². The standard InChI is InChI=1S/C21H18N4O2S/c1-14-23-18-8-7-16(13-19(18)28-14)21(27)22-11-12-25-20(26)10-9-17(24-25)15-5-3-2-4-6-15/h2-10,13H,11-12H2,1H3,(H,22,27).